The van der Waals surface area contributed by atoms with Crippen molar-refractivity contribution < 1.29 is 4.74 Å². The lowest BCUT2D eigenvalue weighted by atomic mass is 10.0. The molecule has 1 atom stereocenters. The molecule has 0 radical (unpaired) electrons. The minimum atomic E-state index is 0.759. The van der Waals surface area contributed by atoms with E-state index in [2.05, 4.69) is 24.1 Å². The van der Waals surface area contributed by atoms with Gasteiger partial charge < -0.3 is 15.0 Å². The summed E-state index contributed by atoms with van der Waals surface area (Å²) in [6.07, 6.45) is 3.94. The van der Waals surface area contributed by atoms with Gasteiger partial charge in [-0.1, -0.05) is 6.92 Å². The number of nitrogens with zero attached hydrogens (tertiary/aromatic N) is 2. The summed E-state index contributed by atoms with van der Waals surface area (Å²) in [7, 11) is 1.73. The van der Waals surface area contributed by atoms with Crippen LogP contribution in [0.25, 0.3) is 0 Å². The summed E-state index contributed by atoms with van der Waals surface area (Å²) in [6.45, 7) is 9.35. The van der Waals surface area contributed by atoms with E-state index in [0.29, 0.717) is 0 Å². The van der Waals surface area contributed by atoms with Crippen molar-refractivity contribution in [3.05, 3.63) is 10.6 Å². The van der Waals surface area contributed by atoms with Crippen LogP contribution < -0.4 is 10.2 Å². The fourth-order valence-corrected chi connectivity index (χ4v) is 3.62. The van der Waals surface area contributed by atoms with E-state index in [4.69, 9.17) is 9.72 Å². The van der Waals surface area contributed by atoms with Crippen LogP contribution in [-0.4, -0.2) is 38.3 Å². The van der Waals surface area contributed by atoms with Gasteiger partial charge in [0.2, 0.25) is 0 Å². The zero-order valence-corrected chi connectivity index (χ0v) is 13.8. The third kappa shape index (κ3) is 4.43. The molecule has 1 unspecified atom stereocenters. The lowest BCUT2D eigenvalue weighted by Gasteiger charge is -2.18. The highest BCUT2D eigenvalue weighted by atomic mass is 32.1. The molecule has 0 bridgehead atoms. The molecular formula is C15H27N3OS. The summed E-state index contributed by atoms with van der Waals surface area (Å²) in [4.78, 5) is 8.60. The second kappa shape index (κ2) is 7.96. The second-order valence-corrected chi connectivity index (χ2v) is 6.76. The number of thiazole rings is 1. The van der Waals surface area contributed by atoms with Crippen LogP contribution in [0, 0.1) is 12.8 Å². The molecule has 1 aromatic rings. The highest BCUT2D eigenvalue weighted by Crippen LogP contribution is 2.28. The Balaban J connectivity index is 1.92. The van der Waals surface area contributed by atoms with Gasteiger partial charge in [0.15, 0.2) is 5.13 Å². The highest BCUT2D eigenvalue weighted by Gasteiger charge is 2.18. The molecule has 0 amide bonds. The first kappa shape index (κ1) is 15.7. The summed E-state index contributed by atoms with van der Waals surface area (Å²) in [5.41, 5.74) is 1.17. The molecular weight excluding hydrogens is 270 g/mol. The Morgan fingerprint density at radius 3 is 3.05 bits per heavy atom. The van der Waals surface area contributed by atoms with Crippen LogP contribution in [0.15, 0.2) is 0 Å². The molecule has 0 spiro atoms. The number of rotatable bonds is 6. The molecule has 5 heteroatoms. The first-order valence-electron chi connectivity index (χ1n) is 7.61. The number of anilines is 1. The largest absolute Gasteiger partial charge is 0.383 e. The van der Waals surface area contributed by atoms with Crippen LogP contribution in [0.3, 0.4) is 0 Å². The van der Waals surface area contributed by atoms with Gasteiger partial charge in [-0.15, -0.1) is 11.3 Å². The summed E-state index contributed by atoms with van der Waals surface area (Å²) in [5, 5.41) is 4.61. The number of aryl methyl sites for hydroxylation is 1. The molecule has 2 rings (SSSR count). The lowest BCUT2D eigenvalue weighted by Crippen LogP contribution is -2.23. The summed E-state index contributed by atoms with van der Waals surface area (Å²) in [5.74, 6) is 0.858. The summed E-state index contributed by atoms with van der Waals surface area (Å²) >= 11 is 1.85. The molecule has 0 aliphatic carbocycles. The zero-order chi connectivity index (χ0) is 14.4. The molecule has 1 aliphatic heterocycles. The molecule has 114 valence electrons. The van der Waals surface area contributed by atoms with E-state index in [1.165, 1.54) is 35.0 Å². The van der Waals surface area contributed by atoms with Crippen molar-refractivity contribution >= 4 is 16.5 Å². The molecule has 1 fully saturated rings. The number of methoxy groups -OCH3 is 1. The average molecular weight is 297 g/mol. The summed E-state index contributed by atoms with van der Waals surface area (Å²) < 4.78 is 5.05. The maximum absolute atomic E-state index is 5.05. The Labute approximate surface area is 126 Å². The van der Waals surface area contributed by atoms with Crippen molar-refractivity contribution in [1.29, 1.82) is 0 Å². The van der Waals surface area contributed by atoms with Crippen LogP contribution in [0.1, 0.15) is 36.8 Å². The van der Waals surface area contributed by atoms with E-state index in [-0.39, 0.29) is 0 Å². The Bertz CT molecular complexity index is 408. The van der Waals surface area contributed by atoms with E-state index in [9.17, 15) is 0 Å². The Morgan fingerprint density at radius 2 is 2.25 bits per heavy atom. The predicted octanol–water partition coefficient (Wildman–Crippen LogP) is 2.81. The van der Waals surface area contributed by atoms with Gasteiger partial charge in [-0.3, -0.25) is 0 Å². The van der Waals surface area contributed by atoms with Gasteiger partial charge in [-0.25, -0.2) is 4.98 Å². The molecule has 20 heavy (non-hydrogen) atoms. The van der Waals surface area contributed by atoms with Gasteiger partial charge in [0.25, 0.3) is 0 Å². The van der Waals surface area contributed by atoms with Crippen molar-refractivity contribution in [2.75, 3.05) is 38.3 Å². The van der Waals surface area contributed by atoms with Gasteiger partial charge in [-0.2, -0.15) is 0 Å². The number of nitrogens with one attached hydrogen (secondary N) is 1. The highest BCUT2D eigenvalue weighted by molar-refractivity contribution is 7.15. The van der Waals surface area contributed by atoms with Crippen LogP contribution >= 0.6 is 11.3 Å². The van der Waals surface area contributed by atoms with Crippen LogP contribution in [0.5, 0.6) is 0 Å². The van der Waals surface area contributed by atoms with E-state index in [1.54, 1.807) is 7.11 Å². The maximum Gasteiger partial charge on any atom is 0.185 e. The number of aromatic nitrogens is 1. The van der Waals surface area contributed by atoms with Crippen molar-refractivity contribution in [1.82, 2.24) is 10.3 Å². The maximum atomic E-state index is 5.05. The van der Waals surface area contributed by atoms with Crippen LogP contribution in [-0.2, 0) is 11.3 Å². The van der Waals surface area contributed by atoms with E-state index in [0.717, 1.165) is 38.7 Å². The molecule has 1 aliphatic rings. The molecule has 1 aromatic heterocycles. The number of ether oxygens (including phenoxy) is 1. The third-order valence-electron chi connectivity index (χ3n) is 3.94. The molecule has 4 nitrogen and oxygen atoms in total. The molecule has 2 heterocycles. The molecule has 1 N–H and O–H groups in total. The van der Waals surface area contributed by atoms with E-state index < -0.39 is 0 Å². The fraction of sp³-hybridized carbons (Fsp3) is 0.800. The van der Waals surface area contributed by atoms with Crippen LogP contribution in [0.2, 0.25) is 0 Å². The SMILES string of the molecule is COCCNCc1sc(N2CCCC(C)CC2)nc1C. The van der Waals surface area contributed by atoms with E-state index >= 15 is 0 Å². The molecule has 0 saturated carbocycles. The van der Waals surface area contributed by atoms with Gasteiger partial charge >= 0.3 is 0 Å². The number of hydrogen-bond acceptors (Lipinski definition) is 5. The molecule has 1 saturated heterocycles. The van der Waals surface area contributed by atoms with E-state index in [1.807, 2.05) is 11.3 Å². The van der Waals surface area contributed by atoms with Gasteiger partial charge in [-0.05, 0) is 32.1 Å². The number of hydrogen-bond donors (Lipinski definition) is 1. The first-order valence-corrected chi connectivity index (χ1v) is 8.43. The molecule has 0 aromatic carbocycles. The minimum Gasteiger partial charge on any atom is -0.383 e. The standard InChI is InChI=1S/C15H27N3OS/c1-12-5-4-8-18(9-6-12)15-17-13(2)14(20-15)11-16-7-10-19-3/h12,16H,4-11H2,1-3H3. The van der Waals surface area contributed by atoms with Crippen LogP contribution in [0.4, 0.5) is 5.13 Å². The second-order valence-electron chi connectivity index (χ2n) is 5.70. The lowest BCUT2D eigenvalue weighted by molar-refractivity contribution is 0.199. The van der Waals surface area contributed by atoms with Crippen molar-refractivity contribution in [2.45, 2.75) is 39.7 Å². The Hall–Kier alpha value is -0.650. The summed E-state index contributed by atoms with van der Waals surface area (Å²) in [6, 6.07) is 0. The quantitative estimate of drug-likeness (QED) is 0.819. The minimum absolute atomic E-state index is 0.759. The fourth-order valence-electron chi connectivity index (χ4n) is 2.54. The van der Waals surface area contributed by atoms with Crippen molar-refractivity contribution in [3.63, 3.8) is 0 Å². The van der Waals surface area contributed by atoms with Gasteiger partial charge in [0.05, 0.1) is 12.3 Å². The topological polar surface area (TPSA) is 37.4 Å². The Kier molecular flexibility index (Phi) is 6.26. The van der Waals surface area contributed by atoms with Gasteiger partial charge in [0.1, 0.15) is 0 Å². The first-order chi connectivity index (χ1) is 9.70. The monoisotopic (exact) mass is 297 g/mol. The predicted molar refractivity (Wildman–Crippen MR) is 85.7 cm³/mol. The third-order valence-corrected chi connectivity index (χ3v) is 5.16. The Morgan fingerprint density at radius 1 is 1.40 bits per heavy atom. The normalized spacial score (nSPS) is 20.1. The smallest absolute Gasteiger partial charge is 0.185 e. The van der Waals surface area contributed by atoms with Crippen molar-refractivity contribution in [2.24, 2.45) is 5.92 Å². The van der Waals surface area contributed by atoms with Crippen molar-refractivity contribution in [3.8, 4) is 0 Å². The average Bonchev–Trinajstić information content (AvgIpc) is 2.65. The zero-order valence-electron chi connectivity index (χ0n) is 12.9. The van der Waals surface area contributed by atoms with Gasteiger partial charge in [0, 0.05) is 38.2 Å².